The van der Waals surface area contributed by atoms with Gasteiger partial charge in [0, 0.05) is 17.0 Å². The summed E-state index contributed by atoms with van der Waals surface area (Å²) in [5.74, 6) is -0.639. The molecular weight excluding hydrogens is 428 g/mol. The Morgan fingerprint density at radius 3 is 2.31 bits per heavy atom. The molecule has 0 unspecified atom stereocenters. The summed E-state index contributed by atoms with van der Waals surface area (Å²) in [5.41, 5.74) is 1.47. The molecule has 8 heteroatoms. The van der Waals surface area contributed by atoms with Crippen molar-refractivity contribution in [2.24, 2.45) is 5.41 Å². The van der Waals surface area contributed by atoms with Gasteiger partial charge in [-0.15, -0.1) is 0 Å². The van der Waals surface area contributed by atoms with E-state index in [2.05, 4.69) is 4.72 Å². The van der Waals surface area contributed by atoms with Gasteiger partial charge in [0.1, 0.15) is 0 Å². The van der Waals surface area contributed by atoms with E-state index >= 15 is 0 Å². The van der Waals surface area contributed by atoms with Gasteiger partial charge < -0.3 is 4.74 Å². The Balaban J connectivity index is 2.16. The van der Waals surface area contributed by atoms with Crippen LogP contribution in [0.3, 0.4) is 0 Å². The molecule has 32 heavy (non-hydrogen) atoms. The number of fused-ring (bicyclic) bond motifs is 1. The van der Waals surface area contributed by atoms with Crippen molar-refractivity contribution in [3.05, 3.63) is 59.8 Å². The van der Waals surface area contributed by atoms with Crippen LogP contribution in [0.25, 0.3) is 10.9 Å². The average molecular weight is 457 g/mol. The van der Waals surface area contributed by atoms with E-state index < -0.39 is 21.4 Å². The Kier molecular flexibility index (Phi) is 6.46. The molecule has 0 saturated carbocycles. The van der Waals surface area contributed by atoms with Crippen molar-refractivity contribution in [3.8, 4) is 0 Å². The highest BCUT2D eigenvalue weighted by Gasteiger charge is 2.28. The second kappa shape index (κ2) is 8.78. The van der Waals surface area contributed by atoms with Crippen LogP contribution in [-0.2, 0) is 26.0 Å². The number of carbonyl (C=O) groups is 2. The lowest BCUT2D eigenvalue weighted by molar-refractivity contribution is -0.142. The first-order chi connectivity index (χ1) is 14.9. The largest absolute Gasteiger partial charge is 0.466 e. The second-order valence-electron chi connectivity index (χ2n) is 8.68. The number of sulfonamides is 1. The van der Waals surface area contributed by atoms with E-state index in [4.69, 9.17) is 4.74 Å². The summed E-state index contributed by atoms with van der Waals surface area (Å²) in [6.45, 7) is 9.20. The third-order valence-corrected chi connectivity index (χ3v) is 6.37. The summed E-state index contributed by atoms with van der Waals surface area (Å²) in [4.78, 5) is 25.4. The van der Waals surface area contributed by atoms with Crippen molar-refractivity contribution in [1.82, 2.24) is 4.57 Å². The monoisotopic (exact) mass is 456 g/mol. The average Bonchev–Trinajstić information content (AvgIpc) is 3.06. The van der Waals surface area contributed by atoms with E-state index in [1.807, 2.05) is 6.92 Å². The fraction of sp³-hybridized carbons (Fsp3) is 0.333. The molecule has 170 valence electrons. The van der Waals surface area contributed by atoms with Gasteiger partial charge in [-0.2, -0.15) is 0 Å². The summed E-state index contributed by atoms with van der Waals surface area (Å²) in [6, 6.07) is 11.6. The summed E-state index contributed by atoms with van der Waals surface area (Å²) in [5, 5.41) is 0.611. The molecule has 1 aromatic heterocycles. The molecule has 2 aromatic carbocycles. The fourth-order valence-electron chi connectivity index (χ4n) is 3.39. The topological polar surface area (TPSA) is 94.5 Å². The van der Waals surface area contributed by atoms with Crippen LogP contribution in [0.4, 0.5) is 5.69 Å². The number of esters is 1. The number of ether oxygens (including phenoxy) is 1. The van der Waals surface area contributed by atoms with Gasteiger partial charge in [-0.1, -0.05) is 50.6 Å². The number of hydrogen-bond donors (Lipinski definition) is 1. The van der Waals surface area contributed by atoms with Crippen LogP contribution in [-0.4, -0.2) is 31.5 Å². The quantitative estimate of drug-likeness (QED) is 0.550. The van der Waals surface area contributed by atoms with Crippen molar-refractivity contribution in [1.29, 1.82) is 0 Å². The minimum absolute atomic E-state index is 0.0249. The minimum atomic E-state index is -3.89. The van der Waals surface area contributed by atoms with Crippen molar-refractivity contribution in [2.45, 2.75) is 45.9 Å². The van der Waals surface area contributed by atoms with Crippen molar-refractivity contribution >= 4 is 38.5 Å². The highest BCUT2D eigenvalue weighted by molar-refractivity contribution is 7.92. The predicted molar refractivity (Wildman–Crippen MR) is 124 cm³/mol. The van der Waals surface area contributed by atoms with Gasteiger partial charge in [0.05, 0.1) is 29.1 Å². The molecule has 0 aliphatic heterocycles. The second-order valence-corrected chi connectivity index (χ2v) is 10.4. The Bertz CT molecular complexity index is 1270. The predicted octanol–water partition coefficient (Wildman–Crippen LogP) is 4.54. The molecule has 0 fully saturated rings. The molecule has 1 N–H and O–H groups in total. The van der Waals surface area contributed by atoms with Gasteiger partial charge in [0.2, 0.25) is 5.91 Å². The number of anilines is 1. The van der Waals surface area contributed by atoms with Gasteiger partial charge in [-0.25, -0.2) is 8.42 Å². The molecule has 0 atom stereocenters. The Hall–Kier alpha value is -3.13. The molecule has 7 nitrogen and oxygen atoms in total. The van der Waals surface area contributed by atoms with E-state index in [1.54, 1.807) is 64.2 Å². The molecule has 3 rings (SSSR count). The number of nitrogens with zero attached hydrogens (tertiary/aromatic N) is 1. The van der Waals surface area contributed by atoms with E-state index in [9.17, 15) is 18.0 Å². The summed E-state index contributed by atoms with van der Waals surface area (Å²) in [7, 11) is -3.89. The highest BCUT2D eigenvalue weighted by atomic mass is 32.2. The zero-order chi connectivity index (χ0) is 23.7. The van der Waals surface area contributed by atoms with E-state index in [1.165, 1.54) is 16.7 Å². The van der Waals surface area contributed by atoms with Crippen LogP contribution in [0.5, 0.6) is 0 Å². The maximum absolute atomic E-state index is 13.2. The molecule has 0 aliphatic carbocycles. The SMILES string of the molecule is CCOC(=O)Cc1cn(C(=O)C(C)(C)C)c2c(NS(=O)(=O)c3ccc(C)cc3)cccc12. The normalized spacial score (nSPS) is 12.0. The maximum atomic E-state index is 13.2. The van der Waals surface area contributed by atoms with Gasteiger partial charge in [-0.3, -0.25) is 18.9 Å². The first kappa shape index (κ1) is 23.5. The Morgan fingerprint density at radius 1 is 1.06 bits per heavy atom. The highest BCUT2D eigenvalue weighted by Crippen LogP contribution is 2.32. The van der Waals surface area contributed by atoms with Crippen molar-refractivity contribution < 1.29 is 22.7 Å². The minimum Gasteiger partial charge on any atom is -0.466 e. The molecule has 0 amide bonds. The summed E-state index contributed by atoms with van der Waals surface area (Å²) in [6.07, 6.45) is 1.57. The lowest BCUT2D eigenvalue weighted by atomic mass is 9.95. The molecule has 1 heterocycles. The van der Waals surface area contributed by atoms with Crippen LogP contribution in [0.1, 0.15) is 43.6 Å². The standard InChI is InChI=1S/C24H28N2O5S/c1-6-31-21(27)14-17-15-26(23(28)24(3,4)5)22-19(17)8-7-9-20(22)25-32(29,30)18-12-10-16(2)11-13-18/h7-13,15,25H,6,14H2,1-5H3. The molecule has 3 aromatic rings. The fourth-order valence-corrected chi connectivity index (χ4v) is 4.45. The van der Waals surface area contributed by atoms with E-state index in [0.29, 0.717) is 16.5 Å². The van der Waals surface area contributed by atoms with Crippen LogP contribution in [0.2, 0.25) is 0 Å². The zero-order valence-corrected chi connectivity index (χ0v) is 19.7. The number of carbonyl (C=O) groups excluding carboxylic acids is 2. The Morgan fingerprint density at radius 2 is 1.72 bits per heavy atom. The number of aromatic nitrogens is 1. The smallest absolute Gasteiger partial charge is 0.310 e. The van der Waals surface area contributed by atoms with Crippen LogP contribution in [0, 0.1) is 12.3 Å². The molecular formula is C24H28N2O5S. The number of para-hydroxylation sites is 1. The third kappa shape index (κ3) is 4.85. The van der Waals surface area contributed by atoms with Gasteiger partial charge in [-0.05, 0) is 37.6 Å². The first-order valence-electron chi connectivity index (χ1n) is 10.4. The van der Waals surface area contributed by atoms with Crippen molar-refractivity contribution in [2.75, 3.05) is 11.3 Å². The number of aryl methyl sites for hydroxylation is 1. The number of benzene rings is 2. The van der Waals surface area contributed by atoms with Crippen LogP contribution < -0.4 is 4.72 Å². The third-order valence-electron chi connectivity index (χ3n) is 4.98. The summed E-state index contributed by atoms with van der Waals surface area (Å²) < 4.78 is 35.2. The van der Waals surface area contributed by atoms with Crippen LogP contribution >= 0.6 is 0 Å². The van der Waals surface area contributed by atoms with E-state index in [0.717, 1.165) is 5.56 Å². The zero-order valence-electron chi connectivity index (χ0n) is 18.9. The Labute approximate surface area is 188 Å². The maximum Gasteiger partial charge on any atom is 0.310 e. The molecule has 0 saturated heterocycles. The van der Waals surface area contributed by atoms with Crippen LogP contribution in [0.15, 0.2) is 53.6 Å². The van der Waals surface area contributed by atoms with Crippen molar-refractivity contribution in [3.63, 3.8) is 0 Å². The van der Waals surface area contributed by atoms with Gasteiger partial charge >= 0.3 is 5.97 Å². The summed E-state index contributed by atoms with van der Waals surface area (Å²) >= 11 is 0. The molecule has 0 aliphatic rings. The van der Waals surface area contributed by atoms with Gasteiger partial charge in [0.25, 0.3) is 10.0 Å². The molecule has 0 spiro atoms. The molecule has 0 bridgehead atoms. The lowest BCUT2D eigenvalue weighted by Gasteiger charge is -2.19. The molecule has 0 radical (unpaired) electrons. The van der Waals surface area contributed by atoms with Gasteiger partial charge in [0.15, 0.2) is 0 Å². The number of hydrogen-bond acceptors (Lipinski definition) is 5. The number of rotatable bonds is 6. The number of nitrogens with one attached hydrogen (secondary N) is 1. The van der Waals surface area contributed by atoms with E-state index in [-0.39, 0.29) is 29.5 Å². The lowest BCUT2D eigenvalue weighted by Crippen LogP contribution is -2.26. The first-order valence-corrected chi connectivity index (χ1v) is 11.8.